The van der Waals surface area contributed by atoms with E-state index in [4.69, 9.17) is 21.7 Å². The molecule has 0 spiro atoms. The van der Waals surface area contributed by atoms with Crippen LogP contribution in [-0.4, -0.2) is 46.7 Å². The zero-order valence-electron chi connectivity index (χ0n) is 7.84. The molecule has 0 aromatic rings. The van der Waals surface area contributed by atoms with Crippen LogP contribution in [0.2, 0.25) is 0 Å². The Labute approximate surface area is 85.2 Å². The number of carbonyl (C=O) groups excluding carboxylic acids is 2. The van der Waals surface area contributed by atoms with Crippen molar-refractivity contribution >= 4 is 17.8 Å². The van der Waals surface area contributed by atoms with Gasteiger partial charge >= 0.3 is 5.97 Å². The molecule has 0 aliphatic carbocycles. The average molecular weight is 219 g/mol. The van der Waals surface area contributed by atoms with E-state index in [9.17, 15) is 14.4 Å². The third-order valence-electron chi connectivity index (χ3n) is 1.53. The molecule has 0 heterocycles. The molecule has 0 saturated heterocycles. The van der Waals surface area contributed by atoms with E-state index in [-0.39, 0.29) is 6.54 Å². The minimum absolute atomic E-state index is 0.387. The molecule has 8 nitrogen and oxygen atoms in total. The van der Waals surface area contributed by atoms with Crippen LogP contribution in [-0.2, 0) is 14.4 Å². The summed E-state index contributed by atoms with van der Waals surface area (Å²) in [6, 6.07) is -1.22. The van der Waals surface area contributed by atoms with Crippen molar-refractivity contribution in [2.75, 3.05) is 6.54 Å². The molecule has 0 bridgehead atoms. The molecular weight excluding hydrogens is 206 g/mol. The first kappa shape index (κ1) is 13.3. The van der Waals surface area contributed by atoms with E-state index in [0.717, 1.165) is 0 Å². The van der Waals surface area contributed by atoms with Crippen LogP contribution in [0.4, 0.5) is 0 Å². The van der Waals surface area contributed by atoms with E-state index in [1.54, 1.807) is 0 Å². The molecule has 15 heavy (non-hydrogen) atoms. The summed E-state index contributed by atoms with van der Waals surface area (Å²) in [5.41, 5.74) is 9.90. The van der Waals surface area contributed by atoms with Gasteiger partial charge in [0, 0.05) is 0 Å². The van der Waals surface area contributed by atoms with Crippen LogP contribution in [0.1, 0.15) is 6.42 Å². The summed E-state index contributed by atoms with van der Waals surface area (Å²) < 4.78 is 0. The topological polar surface area (TPSA) is 156 Å². The van der Waals surface area contributed by atoms with Crippen LogP contribution in [0.25, 0.3) is 0 Å². The van der Waals surface area contributed by atoms with Gasteiger partial charge in [-0.05, 0) is 0 Å². The summed E-state index contributed by atoms with van der Waals surface area (Å²) >= 11 is 0. The Morgan fingerprint density at radius 2 is 1.87 bits per heavy atom. The summed E-state index contributed by atoms with van der Waals surface area (Å²) in [4.78, 5) is 31.6. The number of aliphatic carboxylic acids is 1. The summed E-state index contributed by atoms with van der Waals surface area (Å²) in [7, 11) is 0. The van der Waals surface area contributed by atoms with Crippen LogP contribution in [0, 0.1) is 0 Å². The van der Waals surface area contributed by atoms with E-state index in [0.29, 0.717) is 0 Å². The number of aliphatic hydroxyl groups is 1. The molecule has 0 aliphatic heterocycles. The van der Waals surface area contributed by atoms with Crippen molar-refractivity contribution in [3.63, 3.8) is 0 Å². The van der Waals surface area contributed by atoms with Crippen LogP contribution >= 0.6 is 0 Å². The Morgan fingerprint density at radius 1 is 1.33 bits per heavy atom. The Balaban J connectivity index is 3.93. The van der Waals surface area contributed by atoms with Crippen molar-refractivity contribution in [2.45, 2.75) is 18.6 Å². The number of nitrogens with two attached hydrogens (primary N) is 2. The number of nitrogens with one attached hydrogen (secondary N) is 1. The van der Waals surface area contributed by atoms with E-state index in [2.05, 4.69) is 5.32 Å². The van der Waals surface area contributed by atoms with Crippen LogP contribution in [0.3, 0.4) is 0 Å². The van der Waals surface area contributed by atoms with Gasteiger partial charge in [0.25, 0.3) is 0 Å². The number of carboxylic acid groups (broad SMARTS) is 1. The van der Waals surface area contributed by atoms with E-state index < -0.39 is 36.4 Å². The van der Waals surface area contributed by atoms with Gasteiger partial charge in [0.2, 0.25) is 11.8 Å². The van der Waals surface area contributed by atoms with Crippen molar-refractivity contribution < 1.29 is 24.6 Å². The molecule has 86 valence electrons. The first-order valence-corrected chi connectivity index (χ1v) is 4.07. The average Bonchev–Trinajstić information content (AvgIpc) is 2.12. The van der Waals surface area contributed by atoms with Gasteiger partial charge in [-0.15, -0.1) is 0 Å². The molecule has 7 N–H and O–H groups in total. The first-order valence-electron chi connectivity index (χ1n) is 4.07. The number of aliphatic hydroxyl groups excluding tert-OH is 1. The smallest absolute Gasteiger partial charge is 0.305 e. The molecule has 2 amide bonds. The summed E-state index contributed by atoms with van der Waals surface area (Å²) in [5.74, 6) is -2.96. The van der Waals surface area contributed by atoms with Crippen molar-refractivity contribution in [2.24, 2.45) is 11.5 Å². The number of carboxylic acids is 1. The van der Waals surface area contributed by atoms with E-state index in [1.165, 1.54) is 0 Å². The van der Waals surface area contributed by atoms with E-state index in [1.807, 2.05) is 0 Å². The number of hydrogen-bond donors (Lipinski definition) is 5. The van der Waals surface area contributed by atoms with Gasteiger partial charge in [-0.1, -0.05) is 0 Å². The van der Waals surface area contributed by atoms with Gasteiger partial charge < -0.3 is 27.0 Å². The maximum Gasteiger partial charge on any atom is 0.305 e. The minimum Gasteiger partial charge on any atom is -0.481 e. The predicted octanol–water partition coefficient (Wildman–Crippen LogP) is -3.25. The molecule has 0 saturated carbocycles. The van der Waals surface area contributed by atoms with Crippen LogP contribution < -0.4 is 16.8 Å². The van der Waals surface area contributed by atoms with Crippen molar-refractivity contribution in [1.29, 1.82) is 0 Å². The lowest BCUT2D eigenvalue weighted by Gasteiger charge is -2.11. The maximum atomic E-state index is 11.0. The highest BCUT2D eigenvalue weighted by molar-refractivity contribution is 5.86. The zero-order valence-corrected chi connectivity index (χ0v) is 7.84. The molecule has 0 radical (unpaired) electrons. The Hall–Kier alpha value is -1.67. The fourth-order valence-corrected chi connectivity index (χ4v) is 0.710. The van der Waals surface area contributed by atoms with Crippen molar-refractivity contribution in [3.8, 4) is 0 Å². The second kappa shape index (κ2) is 5.94. The Morgan fingerprint density at radius 3 is 2.27 bits per heavy atom. The molecule has 0 rings (SSSR count). The predicted molar refractivity (Wildman–Crippen MR) is 48.4 cm³/mol. The molecule has 0 aromatic heterocycles. The molecular formula is C7H13N3O5. The Bertz CT molecular complexity index is 267. The number of rotatable bonds is 6. The third kappa shape index (κ3) is 5.60. The lowest BCUT2D eigenvalue weighted by Crippen LogP contribution is -2.46. The summed E-state index contributed by atoms with van der Waals surface area (Å²) in [5, 5.41) is 19.3. The molecule has 2 atom stereocenters. The fraction of sp³-hybridized carbons (Fsp3) is 0.571. The highest BCUT2D eigenvalue weighted by Crippen LogP contribution is 1.88. The second-order valence-corrected chi connectivity index (χ2v) is 2.87. The number of amides is 2. The van der Waals surface area contributed by atoms with E-state index >= 15 is 0 Å². The fourth-order valence-electron chi connectivity index (χ4n) is 0.710. The quantitative estimate of drug-likeness (QED) is 0.316. The number of carbonyl (C=O) groups is 3. The van der Waals surface area contributed by atoms with Gasteiger partial charge in [0.1, 0.15) is 6.10 Å². The molecule has 0 fully saturated rings. The van der Waals surface area contributed by atoms with Crippen molar-refractivity contribution in [1.82, 2.24) is 5.32 Å². The number of hydrogen-bond acceptors (Lipinski definition) is 5. The largest absolute Gasteiger partial charge is 0.481 e. The minimum atomic E-state index is -1.51. The molecule has 0 aliphatic rings. The zero-order chi connectivity index (χ0) is 12.0. The number of primary amides is 1. The molecule has 2 unspecified atom stereocenters. The monoisotopic (exact) mass is 219 g/mol. The molecule has 8 heteroatoms. The normalized spacial score (nSPS) is 14.0. The van der Waals surface area contributed by atoms with Crippen LogP contribution in [0.5, 0.6) is 0 Å². The second-order valence-electron chi connectivity index (χ2n) is 2.87. The lowest BCUT2D eigenvalue weighted by atomic mass is 10.2. The third-order valence-corrected chi connectivity index (χ3v) is 1.53. The summed E-state index contributed by atoms with van der Waals surface area (Å²) in [6.07, 6.45) is -2.04. The van der Waals surface area contributed by atoms with Gasteiger partial charge in [-0.25, -0.2) is 0 Å². The maximum absolute atomic E-state index is 11.0. The highest BCUT2D eigenvalue weighted by atomic mass is 16.4. The lowest BCUT2D eigenvalue weighted by molar-refractivity contribution is -0.139. The van der Waals surface area contributed by atoms with Crippen molar-refractivity contribution in [3.05, 3.63) is 0 Å². The highest BCUT2D eigenvalue weighted by Gasteiger charge is 2.18. The first-order chi connectivity index (χ1) is 6.84. The van der Waals surface area contributed by atoms with Gasteiger partial charge in [-0.2, -0.15) is 0 Å². The molecule has 0 aromatic carbocycles. The SMILES string of the molecule is NC(=O)C(O)CNC(=O)C(N)CC(=O)O. The standard InChI is InChI=1S/C7H13N3O5/c8-3(1-5(12)13)7(15)10-2-4(11)6(9)14/h3-4,11H,1-2,8H2,(H2,9,14)(H,10,15)(H,12,13). The van der Waals surface area contributed by atoms with Gasteiger partial charge in [0.15, 0.2) is 0 Å². The van der Waals surface area contributed by atoms with Gasteiger partial charge in [-0.3, -0.25) is 14.4 Å². The summed E-state index contributed by atoms with van der Waals surface area (Å²) in [6.45, 7) is -0.387. The van der Waals surface area contributed by atoms with Crippen LogP contribution in [0.15, 0.2) is 0 Å². The van der Waals surface area contributed by atoms with Gasteiger partial charge in [0.05, 0.1) is 19.0 Å². The Kier molecular flexibility index (Phi) is 5.27.